The first-order valence-corrected chi connectivity index (χ1v) is 7.93. The average Bonchev–Trinajstić information content (AvgIpc) is 3.26. The molecule has 1 aliphatic heterocycles. The monoisotopic (exact) mass is 349 g/mol. The van der Waals surface area contributed by atoms with Crippen LogP contribution in [0.5, 0.6) is 5.88 Å². The van der Waals surface area contributed by atoms with E-state index in [1.807, 2.05) is 0 Å². The Kier molecular flexibility index (Phi) is 3.60. The van der Waals surface area contributed by atoms with Crippen molar-refractivity contribution in [3.05, 3.63) is 29.2 Å². The van der Waals surface area contributed by atoms with Gasteiger partial charge < -0.3 is 9.64 Å². The number of likely N-dealkylation sites (tertiary alicyclic amines) is 1. The lowest BCUT2D eigenvalue weighted by Crippen LogP contribution is -2.56. The van der Waals surface area contributed by atoms with Crippen LogP contribution in [0, 0.1) is 5.92 Å². The first-order chi connectivity index (χ1) is 11.6. The molecule has 2 aliphatic rings. The van der Waals surface area contributed by atoms with Crippen LogP contribution in [0.3, 0.4) is 0 Å². The van der Waals surface area contributed by atoms with Crippen LogP contribution < -0.4 is 4.74 Å². The van der Waals surface area contributed by atoms with Gasteiger partial charge in [-0.25, -0.2) is 14.4 Å². The molecule has 1 aliphatic carbocycles. The fourth-order valence-corrected chi connectivity index (χ4v) is 2.96. The van der Waals surface area contributed by atoms with E-state index in [1.54, 1.807) is 11.0 Å². The number of carbonyl (C=O) groups is 2. The van der Waals surface area contributed by atoms with E-state index < -0.39 is 12.1 Å². The van der Waals surface area contributed by atoms with Crippen molar-refractivity contribution >= 4 is 34.6 Å². The molecule has 124 valence electrons. The van der Waals surface area contributed by atoms with Gasteiger partial charge in [0.05, 0.1) is 24.4 Å². The van der Waals surface area contributed by atoms with Crippen LogP contribution in [0.15, 0.2) is 18.5 Å². The summed E-state index contributed by atoms with van der Waals surface area (Å²) in [5.74, 6) is -0.278. The molecule has 0 unspecified atom stereocenters. The second-order valence-electron chi connectivity index (χ2n) is 6.03. The van der Waals surface area contributed by atoms with Gasteiger partial charge in [0.2, 0.25) is 11.8 Å². The van der Waals surface area contributed by atoms with Crippen LogP contribution in [-0.2, 0) is 4.79 Å². The van der Waals surface area contributed by atoms with Crippen LogP contribution in [-0.4, -0.2) is 52.4 Å². The molecule has 1 amide bonds. The Morgan fingerprint density at radius 3 is 2.75 bits per heavy atom. The maximum absolute atomic E-state index is 12.9. The number of aldehydes is 1. The summed E-state index contributed by atoms with van der Waals surface area (Å²) in [6, 6.07) is 1.58. The molecule has 2 aromatic heterocycles. The molecule has 2 aromatic rings. The van der Waals surface area contributed by atoms with Crippen molar-refractivity contribution in [1.29, 1.82) is 0 Å². The first-order valence-electron chi connectivity index (χ1n) is 7.55. The average molecular weight is 350 g/mol. The van der Waals surface area contributed by atoms with E-state index >= 15 is 0 Å². The van der Waals surface area contributed by atoms with Crippen molar-refractivity contribution in [2.24, 2.45) is 5.92 Å². The van der Waals surface area contributed by atoms with Crippen molar-refractivity contribution in [2.75, 3.05) is 13.1 Å². The van der Waals surface area contributed by atoms with Gasteiger partial charge >= 0.3 is 0 Å². The third-order valence-electron chi connectivity index (χ3n) is 4.33. The highest BCUT2D eigenvalue weighted by molar-refractivity contribution is 6.30. The van der Waals surface area contributed by atoms with E-state index in [9.17, 15) is 14.0 Å². The minimum Gasteiger partial charge on any atom is -0.470 e. The predicted octanol–water partition coefficient (Wildman–Crippen LogP) is 2.04. The third-order valence-corrected chi connectivity index (χ3v) is 4.53. The molecule has 8 heteroatoms. The highest BCUT2D eigenvalue weighted by Crippen LogP contribution is 2.37. The van der Waals surface area contributed by atoms with E-state index in [2.05, 4.69) is 9.97 Å². The van der Waals surface area contributed by atoms with E-state index in [0.29, 0.717) is 48.0 Å². The number of rotatable bonds is 4. The summed E-state index contributed by atoms with van der Waals surface area (Å²) in [5, 5.41) is 1.47. The van der Waals surface area contributed by atoms with Crippen molar-refractivity contribution < 1.29 is 18.7 Å². The topological polar surface area (TPSA) is 72.4 Å². The van der Waals surface area contributed by atoms with Gasteiger partial charge in [-0.3, -0.25) is 9.59 Å². The molecule has 1 saturated heterocycles. The quantitative estimate of drug-likeness (QED) is 0.624. The Bertz CT molecular complexity index is 841. The van der Waals surface area contributed by atoms with Gasteiger partial charge in [-0.05, 0) is 12.5 Å². The zero-order valence-electron chi connectivity index (χ0n) is 12.5. The Balaban J connectivity index is 1.50. The summed E-state index contributed by atoms with van der Waals surface area (Å²) >= 11 is 5.88. The summed E-state index contributed by atoms with van der Waals surface area (Å²) in [6.45, 7) is 0.809. The number of fused-ring (bicyclic) bond motifs is 1. The largest absolute Gasteiger partial charge is 0.470 e. The second-order valence-corrected chi connectivity index (χ2v) is 6.42. The van der Waals surface area contributed by atoms with Gasteiger partial charge in [0.25, 0.3) is 0 Å². The van der Waals surface area contributed by atoms with Crippen molar-refractivity contribution in [2.45, 2.75) is 18.7 Å². The molecule has 2 fully saturated rings. The Labute approximate surface area is 141 Å². The molecular formula is C16H13ClFN3O3. The zero-order valence-corrected chi connectivity index (χ0v) is 13.2. The summed E-state index contributed by atoms with van der Waals surface area (Å²) in [7, 11) is 0. The van der Waals surface area contributed by atoms with E-state index in [1.165, 1.54) is 12.4 Å². The number of carbonyl (C=O) groups excluding carboxylic acids is 2. The Morgan fingerprint density at radius 1 is 1.33 bits per heavy atom. The number of hydrogen-bond donors (Lipinski definition) is 0. The second kappa shape index (κ2) is 5.66. The van der Waals surface area contributed by atoms with Crippen molar-refractivity contribution in [1.82, 2.24) is 14.9 Å². The van der Waals surface area contributed by atoms with Gasteiger partial charge in [0.1, 0.15) is 17.4 Å². The number of halogens is 2. The summed E-state index contributed by atoms with van der Waals surface area (Å²) in [4.78, 5) is 32.8. The van der Waals surface area contributed by atoms with Gasteiger partial charge in [-0.1, -0.05) is 11.6 Å². The fraction of sp³-hybridized carbons (Fsp3) is 0.375. The lowest BCUT2D eigenvalue weighted by atomic mass is 10.1. The number of nitrogens with zero attached hydrogens (tertiary/aromatic N) is 3. The summed E-state index contributed by atoms with van der Waals surface area (Å²) in [6.07, 6.45) is 2.75. The molecule has 1 saturated carbocycles. The molecule has 0 spiro atoms. The summed E-state index contributed by atoms with van der Waals surface area (Å²) < 4.78 is 18.7. The minimum atomic E-state index is -0.991. The molecule has 0 aromatic carbocycles. The van der Waals surface area contributed by atoms with Gasteiger partial charge in [-0.15, -0.1) is 0 Å². The molecule has 0 bridgehead atoms. The number of alkyl halides is 1. The SMILES string of the molecule is O=Cc1cnc(OC2CN(C(=O)[C@@H]3C[C@@H]3F)C2)c2cnc(Cl)cc12. The van der Waals surface area contributed by atoms with E-state index in [0.717, 1.165) is 0 Å². The first kappa shape index (κ1) is 15.3. The van der Waals surface area contributed by atoms with Gasteiger partial charge in [-0.2, -0.15) is 0 Å². The summed E-state index contributed by atoms with van der Waals surface area (Å²) in [5.41, 5.74) is 0.398. The Morgan fingerprint density at radius 2 is 2.08 bits per heavy atom. The fourth-order valence-electron chi connectivity index (χ4n) is 2.80. The van der Waals surface area contributed by atoms with Crippen molar-refractivity contribution in [3.8, 4) is 5.88 Å². The van der Waals surface area contributed by atoms with E-state index in [-0.39, 0.29) is 17.2 Å². The van der Waals surface area contributed by atoms with Crippen LogP contribution >= 0.6 is 11.6 Å². The zero-order chi connectivity index (χ0) is 16.8. The van der Waals surface area contributed by atoms with Crippen LogP contribution in [0.2, 0.25) is 5.15 Å². The number of ether oxygens (including phenoxy) is 1. The molecule has 6 nitrogen and oxygen atoms in total. The minimum absolute atomic E-state index is 0.148. The number of hydrogen-bond acceptors (Lipinski definition) is 5. The van der Waals surface area contributed by atoms with Crippen LogP contribution in [0.1, 0.15) is 16.8 Å². The number of pyridine rings is 2. The van der Waals surface area contributed by atoms with Gasteiger partial charge in [0, 0.05) is 23.3 Å². The molecule has 4 rings (SSSR count). The van der Waals surface area contributed by atoms with Crippen LogP contribution in [0.4, 0.5) is 4.39 Å². The normalized spacial score (nSPS) is 23.0. The highest BCUT2D eigenvalue weighted by atomic mass is 35.5. The maximum atomic E-state index is 12.9. The molecule has 3 heterocycles. The molecule has 0 radical (unpaired) electrons. The predicted molar refractivity (Wildman–Crippen MR) is 83.9 cm³/mol. The molecular weight excluding hydrogens is 337 g/mol. The lowest BCUT2D eigenvalue weighted by Gasteiger charge is -2.38. The highest BCUT2D eigenvalue weighted by Gasteiger charge is 2.48. The molecule has 0 N–H and O–H groups in total. The Hall–Kier alpha value is -2.28. The number of aromatic nitrogens is 2. The third kappa shape index (κ3) is 2.58. The van der Waals surface area contributed by atoms with Gasteiger partial charge in [0.15, 0.2) is 6.29 Å². The lowest BCUT2D eigenvalue weighted by molar-refractivity contribution is -0.141. The molecule has 2 atom stereocenters. The number of amides is 1. The van der Waals surface area contributed by atoms with E-state index in [4.69, 9.17) is 16.3 Å². The maximum Gasteiger partial charge on any atom is 0.228 e. The van der Waals surface area contributed by atoms with Crippen LogP contribution in [0.25, 0.3) is 10.8 Å². The molecule has 24 heavy (non-hydrogen) atoms. The van der Waals surface area contributed by atoms with Crippen molar-refractivity contribution in [3.63, 3.8) is 0 Å². The smallest absolute Gasteiger partial charge is 0.228 e. The standard InChI is InChI=1S/C16H13ClFN3O3/c17-14-2-10-8(7-22)3-20-15(12(10)4-19-14)24-9-5-21(6-9)16(23)11-1-13(11)18/h2-4,7,9,11,13H,1,5-6H2/t11-,13+/m1/s1.